The van der Waals surface area contributed by atoms with E-state index in [4.69, 9.17) is 5.73 Å². The summed E-state index contributed by atoms with van der Waals surface area (Å²) >= 11 is 0. The lowest BCUT2D eigenvalue weighted by Crippen LogP contribution is -2.20. The average Bonchev–Trinajstić information content (AvgIpc) is 2.26. The molecule has 7 heteroatoms. The van der Waals surface area contributed by atoms with Crippen molar-refractivity contribution in [3.05, 3.63) is 33.2 Å². The predicted molar refractivity (Wildman–Crippen MR) is 51.3 cm³/mol. The Morgan fingerprint density at radius 1 is 1.62 bits per heavy atom. The predicted octanol–water partition coefficient (Wildman–Crippen LogP) is 0.558. The number of hydrogen-bond donors (Lipinski definition) is 2. The number of methoxy groups -OCH3 is 1. The summed E-state index contributed by atoms with van der Waals surface area (Å²) in [6.07, 6.45) is -2.91. The van der Waals surface area contributed by atoms with Gasteiger partial charge in [0.2, 0.25) is 5.56 Å². The molecule has 0 aliphatic heterocycles. The Hall–Kier alpha value is -1.76. The van der Waals surface area contributed by atoms with E-state index in [2.05, 4.69) is 4.74 Å². The molecular formula is C9H10F2N2O3. The summed E-state index contributed by atoms with van der Waals surface area (Å²) in [4.78, 5) is 24.3. The molecule has 0 amide bonds. The highest BCUT2D eigenvalue weighted by Crippen LogP contribution is 2.24. The SMILES string of the molecule is COC(=O)c1[nH]c(=O)cc(CN)c1C(F)F. The van der Waals surface area contributed by atoms with Crippen LogP contribution in [0.25, 0.3) is 0 Å². The van der Waals surface area contributed by atoms with E-state index in [-0.39, 0.29) is 12.1 Å². The minimum absolute atomic E-state index is 0.0702. The van der Waals surface area contributed by atoms with Crippen LogP contribution in [0.15, 0.2) is 10.9 Å². The van der Waals surface area contributed by atoms with Crippen LogP contribution in [0.4, 0.5) is 8.78 Å². The van der Waals surface area contributed by atoms with E-state index >= 15 is 0 Å². The summed E-state index contributed by atoms with van der Waals surface area (Å²) in [5, 5.41) is 0. The third-order valence-corrected chi connectivity index (χ3v) is 2.00. The van der Waals surface area contributed by atoms with Gasteiger partial charge in [0.25, 0.3) is 6.43 Å². The number of carbonyl (C=O) groups excluding carboxylic acids is 1. The van der Waals surface area contributed by atoms with Gasteiger partial charge in [-0.15, -0.1) is 0 Å². The Labute approximate surface area is 89.2 Å². The highest BCUT2D eigenvalue weighted by molar-refractivity contribution is 5.89. The fourth-order valence-electron chi connectivity index (χ4n) is 1.30. The zero-order valence-corrected chi connectivity index (χ0v) is 8.42. The van der Waals surface area contributed by atoms with Crippen LogP contribution in [-0.4, -0.2) is 18.1 Å². The molecule has 16 heavy (non-hydrogen) atoms. The van der Waals surface area contributed by atoms with Gasteiger partial charge in [0.15, 0.2) is 0 Å². The molecule has 0 radical (unpaired) electrons. The second-order valence-electron chi connectivity index (χ2n) is 2.94. The Kier molecular flexibility index (Phi) is 3.73. The van der Waals surface area contributed by atoms with Crippen molar-refractivity contribution in [2.45, 2.75) is 13.0 Å². The number of halogens is 2. The summed E-state index contributed by atoms with van der Waals surface area (Å²) < 4.78 is 29.7. The quantitative estimate of drug-likeness (QED) is 0.745. The van der Waals surface area contributed by atoms with Crippen molar-refractivity contribution in [3.8, 4) is 0 Å². The fourth-order valence-corrected chi connectivity index (χ4v) is 1.30. The van der Waals surface area contributed by atoms with Gasteiger partial charge in [-0.05, 0) is 5.56 Å². The monoisotopic (exact) mass is 232 g/mol. The molecule has 1 aromatic rings. The van der Waals surface area contributed by atoms with E-state index in [0.717, 1.165) is 13.2 Å². The molecule has 0 unspecified atom stereocenters. The number of ether oxygens (including phenoxy) is 1. The number of hydrogen-bond acceptors (Lipinski definition) is 4. The number of nitrogens with two attached hydrogens (primary N) is 1. The van der Waals surface area contributed by atoms with Gasteiger partial charge in [-0.1, -0.05) is 0 Å². The summed E-state index contributed by atoms with van der Waals surface area (Å²) in [7, 11) is 1.03. The first-order chi connectivity index (χ1) is 7.51. The molecule has 5 nitrogen and oxygen atoms in total. The lowest BCUT2D eigenvalue weighted by Gasteiger charge is -2.10. The molecule has 3 N–H and O–H groups in total. The van der Waals surface area contributed by atoms with Gasteiger partial charge in [-0.3, -0.25) is 4.79 Å². The number of H-pyrrole nitrogens is 1. The summed E-state index contributed by atoms with van der Waals surface area (Å²) in [6.45, 7) is -0.256. The molecule has 1 aromatic heterocycles. The number of rotatable bonds is 3. The first kappa shape index (κ1) is 12.3. The molecule has 0 bridgehead atoms. The van der Waals surface area contributed by atoms with Gasteiger partial charge in [-0.25, -0.2) is 13.6 Å². The van der Waals surface area contributed by atoms with Gasteiger partial charge in [0.1, 0.15) is 5.69 Å². The number of aromatic nitrogens is 1. The summed E-state index contributed by atoms with van der Waals surface area (Å²) in [5.74, 6) is -1.03. The van der Waals surface area contributed by atoms with E-state index in [9.17, 15) is 18.4 Å². The van der Waals surface area contributed by atoms with Crippen molar-refractivity contribution < 1.29 is 18.3 Å². The summed E-state index contributed by atoms with van der Waals surface area (Å²) in [6, 6.07) is 0.938. The summed E-state index contributed by atoms with van der Waals surface area (Å²) in [5.41, 5.74) is 3.34. The van der Waals surface area contributed by atoms with Crippen LogP contribution in [0, 0.1) is 0 Å². The normalized spacial score (nSPS) is 10.6. The average molecular weight is 232 g/mol. The molecule has 0 saturated heterocycles. The van der Waals surface area contributed by atoms with Crippen molar-refractivity contribution in [3.63, 3.8) is 0 Å². The topological polar surface area (TPSA) is 85.2 Å². The molecule has 0 fully saturated rings. The standard InChI is InChI=1S/C9H10F2N2O3/c1-16-9(15)7-6(8(10)11)4(3-12)2-5(14)13-7/h2,8H,3,12H2,1H3,(H,13,14). The molecule has 0 atom stereocenters. The first-order valence-corrected chi connectivity index (χ1v) is 4.33. The Bertz CT molecular complexity index is 457. The lowest BCUT2D eigenvalue weighted by molar-refractivity contribution is 0.0580. The van der Waals surface area contributed by atoms with E-state index < -0.39 is 29.2 Å². The lowest BCUT2D eigenvalue weighted by atomic mass is 10.1. The van der Waals surface area contributed by atoms with Crippen LogP contribution in [0.2, 0.25) is 0 Å². The van der Waals surface area contributed by atoms with Crippen molar-refractivity contribution in [1.82, 2.24) is 4.98 Å². The van der Waals surface area contributed by atoms with E-state index in [1.54, 1.807) is 0 Å². The maximum atomic E-state index is 12.7. The Morgan fingerprint density at radius 3 is 2.69 bits per heavy atom. The van der Waals surface area contributed by atoms with Crippen molar-refractivity contribution in [2.75, 3.05) is 7.11 Å². The molecule has 1 rings (SSSR count). The minimum Gasteiger partial charge on any atom is -0.464 e. The van der Waals surface area contributed by atoms with Crippen LogP contribution in [0.3, 0.4) is 0 Å². The number of esters is 1. The number of nitrogens with one attached hydrogen (secondary N) is 1. The number of aromatic amines is 1. The molecule has 1 heterocycles. The Morgan fingerprint density at radius 2 is 2.25 bits per heavy atom. The second kappa shape index (κ2) is 4.84. The van der Waals surface area contributed by atoms with Gasteiger partial charge in [0, 0.05) is 12.6 Å². The van der Waals surface area contributed by atoms with Crippen molar-refractivity contribution in [2.24, 2.45) is 5.73 Å². The highest BCUT2D eigenvalue weighted by Gasteiger charge is 2.23. The van der Waals surface area contributed by atoms with E-state index in [1.807, 2.05) is 4.98 Å². The van der Waals surface area contributed by atoms with Crippen LogP contribution >= 0.6 is 0 Å². The molecule has 0 saturated carbocycles. The van der Waals surface area contributed by atoms with Gasteiger partial charge in [-0.2, -0.15) is 0 Å². The molecule has 0 spiro atoms. The largest absolute Gasteiger partial charge is 0.464 e. The van der Waals surface area contributed by atoms with Crippen LogP contribution in [0.5, 0.6) is 0 Å². The van der Waals surface area contributed by atoms with Crippen LogP contribution in [-0.2, 0) is 11.3 Å². The van der Waals surface area contributed by atoms with Crippen LogP contribution < -0.4 is 11.3 Å². The molecule has 0 aliphatic carbocycles. The third-order valence-electron chi connectivity index (χ3n) is 2.00. The van der Waals surface area contributed by atoms with Crippen molar-refractivity contribution >= 4 is 5.97 Å². The maximum Gasteiger partial charge on any atom is 0.355 e. The number of pyridine rings is 1. The molecule has 0 aromatic carbocycles. The Balaban J connectivity index is 3.50. The van der Waals surface area contributed by atoms with E-state index in [1.165, 1.54) is 0 Å². The van der Waals surface area contributed by atoms with Gasteiger partial charge >= 0.3 is 5.97 Å². The number of alkyl halides is 2. The number of carbonyl (C=O) groups is 1. The first-order valence-electron chi connectivity index (χ1n) is 4.33. The highest BCUT2D eigenvalue weighted by atomic mass is 19.3. The second-order valence-corrected chi connectivity index (χ2v) is 2.94. The zero-order valence-electron chi connectivity index (χ0n) is 8.42. The minimum atomic E-state index is -2.91. The van der Waals surface area contributed by atoms with Crippen LogP contribution in [0.1, 0.15) is 28.0 Å². The third kappa shape index (κ3) is 2.25. The fraction of sp³-hybridized carbons (Fsp3) is 0.333. The molecule has 88 valence electrons. The van der Waals surface area contributed by atoms with E-state index in [0.29, 0.717) is 0 Å². The smallest absolute Gasteiger partial charge is 0.355 e. The zero-order chi connectivity index (χ0) is 12.3. The van der Waals surface area contributed by atoms with Crippen molar-refractivity contribution in [1.29, 1.82) is 0 Å². The molecular weight excluding hydrogens is 222 g/mol. The maximum absolute atomic E-state index is 12.7. The molecule has 0 aliphatic rings. The van der Waals surface area contributed by atoms with Gasteiger partial charge < -0.3 is 15.5 Å². The van der Waals surface area contributed by atoms with Gasteiger partial charge in [0.05, 0.1) is 12.7 Å².